The Morgan fingerprint density at radius 1 is 0.857 bits per heavy atom. The van der Waals surface area contributed by atoms with Crippen LogP contribution in [0, 0.1) is 10.8 Å². The molecule has 1 saturated heterocycles. The molecule has 350 valence electrons. The van der Waals surface area contributed by atoms with Gasteiger partial charge in [0, 0.05) is 57.5 Å². The van der Waals surface area contributed by atoms with Gasteiger partial charge in [0.25, 0.3) is 10.0 Å². The molecule has 0 bridgehead atoms. The quantitative estimate of drug-likeness (QED) is 0.0776. The van der Waals surface area contributed by atoms with Crippen molar-refractivity contribution < 1.29 is 36.3 Å². The van der Waals surface area contributed by atoms with Crippen molar-refractivity contribution in [1.29, 1.82) is 0 Å². The zero-order valence-electron chi connectivity index (χ0n) is 40.4. The number of nitrogens with one attached hydrogen (secondary N) is 1. The van der Waals surface area contributed by atoms with E-state index in [0.717, 1.165) is 54.6 Å². The van der Waals surface area contributed by atoms with Gasteiger partial charge in [0.05, 0.1) is 46.1 Å². The van der Waals surface area contributed by atoms with Crippen molar-refractivity contribution >= 4 is 54.5 Å². The van der Waals surface area contributed by atoms with Crippen LogP contribution in [0.5, 0.6) is 0 Å². The second-order valence-electron chi connectivity index (χ2n) is 20.3. The summed E-state index contributed by atoms with van der Waals surface area (Å²) in [6.45, 7) is 28.5. The summed E-state index contributed by atoms with van der Waals surface area (Å²) in [5, 5.41) is 12.2. The summed E-state index contributed by atoms with van der Waals surface area (Å²) in [5.41, 5.74) is 2.48. The fourth-order valence-electron chi connectivity index (χ4n) is 9.34. The summed E-state index contributed by atoms with van der Waals surface area (Å²) >= 11 is 0. The number of likely N-dealkylation sites (tertiary alicyclic amines) is 1. The number of aliphatic hydroxyl groups is 1. The second-order valence-corrected chi connectivity index (χ2v) is 23.9. The number of aliphatic hydroxyl groups excluding tert-OH is 1. The number of unbranched alkanes of at least 4 members (excludes halogenated alkanes) is 5. The van der Waals surface area contributed by atoms with E-state index in [1.165, 1.54) is 0 Å². The van der Waals surface area contributed by atoms with E-state index >= 15 is 0 Å². The Hall–Kier alpha value is -3.91. The molecule has 4 aliphatic rings. The molecule has 63 heavy (non-hydrogen) atoms. The van der Waals surface area contributed by atoms with Crippen molar-refractivity contribution in [2.75, 3.05) is 27.7 Å². The van der Waals surface area contributed by atoms with Crippen LogP contribution in [0.3, 0.4) is 0 Å². The van der Waals surface area contributed by atoms with Crippen LogP contribution >= 0.6 is 0 Å². The van der Waals surface area contributed by atoms with Gasteiger partial charge < -0.3 is 19.6 Å². The molecule has 0 amide bonds. The van der Waals surface area contributed by atoms with E-state index in [0.29, 0.717) is 12.8 Å². The number of esters is 1. The molecule has 5 rings (SSSR count). The summed E-state index contributed by atoms with van der Waals surface area (Å²) in [6, 6.07) is 3.75. The highest BCUT2D eigenvalue weighted by atomic mass is 32.2. The predicted molar refractivity (Wildman–Crippen MR) is 256 cm³/mol. The van der Waals surface area contributed by atoms with Gasteiger partial charge in [0.2, 0.25) is 15.8 Å². The van der Waals surface area contributed by atoms with E-state index in [9.17, 15) is 31.5 Å². The van der Waals surface area contributed by atoms with Crippen LogP contribution in [0.4, 0.5) is 11.4 Å². The van der Waals surface area contributed by atoms with Gasteiger partial charge in [0.15, 0.2) is 0 Å². The van der Waals surface area contributed by atoms with E-state index in [1.807, 2.05) is 19.1 Å². The number of fused-ring (bicyclic) bond motifs is 2. The minimum Gasteiger partial charge on any atom is -0.506 e. The maximum Gasteiger partial charge on any atom is 0.311 e. The van der Waals surface area contributed by atoms with Gasteiger partial charge in [-0.1, -0.05) is 73.6 Å². The lowest BCUT2D eigenvalue weighted by molar-refractivity contribution is -0.154. The topological polar surface area (TPSA) is 163 Å². The Labute approximate surface area is 378 Å². The van der Waals surface area contributed by atoms with Crippen molar-refractivity contribution in [3.8, 4) is 0 Å². The molecular weight excluding hydrogens is 837 g/mol. The number of nitrogens with zero attached hydrogens (tertiary/aromatic N) is 3. The molecule has 2 N–H and O–H groups in total. The van der Waals surface area contributed by atoms with E-state index in [2.05, 4.69) is 95.1 Å². The predicted octanol–water partition coefficient (Wildman–Crippen LogP) is 9.93. The molecule has 0 spiro atoms. The van der Waals surface area contributed by atoms with E-state index in [1.54, 1.807) is 26.0 Å². The van der Waals surface area contributed by atoms with Crippen molar-refractivity contribution in [2.45, 2.75) is 178 Å². The maximum absolute atomic E-state index is 14.8. The summed E-state index contributed by atoms with van der Waals surface area (Å²) in [7, 11) is -8.04. The molecule has 0 radical (unpaired) electrons. The standard InChI is InChI=1S/C49H74N4O8S2/c1-15-17-18-19-20-21-24-62(57,58)50-38-28-40-36(48(11,12)32(7)52(40)30(3)4)26-34(38)42-44(54)43(45(42)55)35-27-37-41(53(31(5)6)33(8)49(37,13)14)29-39(35)51-63(59,60)25-22-23-61-46(56)47(9,10)16-2/h26-33,51,54H,15-25H2,1-14H3/b42-34+,50-38+. The van der Waals surface area contributed by atoms with Crippen molar-refractivity contribution in [3.05, 3.63) is 63.6 Å². The third-order valence-electron chi connectivity index (χ3n) is 14.2. The van der Waals surface area contributed by atoms with Crippen LogP contribution in [0.2, 0.25) is 0 Å². The number of benzene rings is 1. The molecule has 2 atom stereocenters. The number of hydrogen-bond acceptors (Lipinski definition) is 10. The summed E-state index contributed by atoms with van der Waals surface area (Å²) in [5.74, 6) is -1.79. The largest absolute Gasteiger partial charge is 0.506 e. The first-order chi connectivity index (χ1) is 29.1. The molecule has 1 aromatic carbocycles. The maximum atomic E-state index is 14.8. The second kappa shape index (κ2) is 18.5. The van der Waals surface area contributed by atoms with E-state index < -0.39 is 48.0 Å². The first-order valence-corrected chi connectivity index (χ1v) is 26.3. The molecule has 2 aliphatic carbocycles. The zero-order valence-corrected chi connectivity index (χ0v) is 42.0. The van der Waals surface area contributed by atoms with Gasteiger partial charge in [-0.05, 0) is 110 Å². The van der Waals surface area contributed by atoms with Crippen molar-refractivity contribution in [1.82, 2.24) is 4.90 Å². The molecule has 12 nitrogen and oxygen atoms in total. The lowest BCUT2D eigenvalue weighted by Gasteiger charge is -2.34. The van der Waals surface area contributed by atoms with Gasteiger partial charge in [-0.25, -0.2) is 16.8 Å². The summed E-state index contributed by atoms with van der Waals surface area (Å²) in [4.78, 5) is 31.8. The minimum atomic E-state index is -4.06. The molecule has 0 saturated carbocycles. The Balaban J connectivity index is 1.64. The van der Waals surface area contributed by atoms with E-state index in [4.69, 9.17) is 4.74 Å². The fraction of sp³-hybridized carbons (Fsp3) is 0.653. The van der Waals surface area contributed by atoms with E-state index in [-0.39, 0.29) is 88.1 Å². The first-order valence-electron chi connectivity index (χ1n) is 23.1. The molecule has 14 heteroatoms. The monoisotopic (exact) mass is 910 g/mol. The molecular formula is C49H74N4O8S2. The Kier molecular flexibility index (Phi) is 14.7. The minimum absolute atomic E-state index is 0.0149. The van der Waals surface area contributed by atoms with Gasteiger partial charge in [-0.15, -0.1) is 0 Å². The van der Waals surface area contributed by atoms with Crippen LogP contribution in [0.15, 0.2) is 56.9 Å². The SMILES string of the molecule is CCCCCCCCS(=O)(=O)/N=C1\C=C2C(=C\C1=C1/C(=O)C(c3cc4c(cc3NS(=O)(=O)CCCOC(=O)C(C)(C)CC)N(C(C)C)C(C)C4(C)C)=C1O)C(C)(C)C(C)N2C(C)C. The van der Waals surface area contributed by atoms with Crippen LogP contribution in [-0.4, -0.2) is 86.6 Å². The number of ether oxygens (including phenoxy) is 1. The Morgan fingerprint density at radius 3 is 2.05 bits per heavy atom. The first kappa shape index (κ1) is 50.1. The fourth-order valence-corrected chi connectivity index (χ4v) is 11.6. The highest BCUT2D eigenvalue weighted by Crippen LogP contribution is 2.53. The van der Waals surface area contributed by atoms with Gasteiger partial charge in [0.1, 0.15) is 5.76 Å². The average Bonchev–Trinajstić information content (AvgIpc) is 3.50. The summed E-state index contributed by atoms with van der Waals surface area (Å²) < 4.78 is 67.6. The molecule has 2 heterocycles. The number of hydrogen-bond donors (Lipinski definition) is 2. The number of anilines is 2. The summed E-state index contributed by atoms with van der Waals surface area (Å²) in [6.07, 6.45) is 9.60. The normalized spacial score (nSPS) is 22.7. The number of allylic oxidation sites excluding steroid dienone is 6. The average molecular weight is 911 g/mol. The Morgan fingerprint density at radius 2 is 1.46 bits per heavy atom. The molecule has 2 unspecified atom stereocenters. The van der Waals surface area contributed by atoms with Gasteiger partial charge in [-0.2, -0.15) is 4.40 Å². The Bertz CT molecular complexity index is 2360. The van der Waals surface area contributed by atoms with Crippen molar-refractivity contribution in [2.24, 2.45) is 15.2 Å². The zero-order chi connectivity index (χ0) is 47.2. The highest BCUT2D eigenvalue weighted by molar-refractivity contribution is 7.92. The molecule has 1 fully saturated rings. The lowest BCUT2D eigenvalue weighted by atomic mass is 9.74. The number of Topliss-reactive ketones (excluding diaryl/α,β-unsaturated/α-hetero) is 1. The van der Waals surface area contributed by atoms with Crippen LogP contribution < -0.4 is 9.62 Å². The molecule has 1 aromatic rings. The number of sulfonamides is 2. The van der Waals surface area contributed by atoms with Crippen molar-refractivity contribution in [3.63, 3.8) is 0 Å². The number of rotatable bonds is 19. The number of carbonyl (C=O) groups is 2. The number of carbonyl (C=O) groups excluding carboxylic acids is 2. The van der Waals surface area contributed by atoms with Crippen LogP contribution in [-0.2, 0) is 39.8 Å². The van der Waals surface area contributed by atoms with Gasteiger partial charge >= 0.3 is 5.97 Å². The number of ketones is 1. The third-order valence-corrected chi connectivity index (χ3v) is 16.8. The smallest absolute Gasteiger partial charge is 0.311 e. The van der Waals surface area contributed by atoms with Crippen LogP contribution in [0.25, 0.3) is 5.57 Å². The molecule has 0 aromatic heterocycles. The third kappa shape index (κ3) is 9.87. The highest BCUT2D eigenvalue weighted by Gasteiger charge is 2.50. The van der Waals surface area contributed by atoms with Crippen LogP contribution in [0.1, 0.15) is 159 Å². The molecule has 2 aliphatic heterocycles. The lowest BCUT2D eigenvalue weighted by Crippen LogP contribution is -2.42. The van der Waals surface area contributed by atoms with Gasteiger partial charge in [-0.3, -0.25) is 14.3 Å².